The minimum Gasteiger partial charge on any atom is -0.394 e. The summed E-state index contributed by atoms with van der Waals surface area (Å²) in [5.41, 5.74) is 4.29. The molecule has 1 aromatic rings. The molecular weight excluding hydrogens is 354 g/mol. The Morgan fingerprint density at radius 1 is 1.23 bits per heavy atom. The van der Waals surface area contributed by atoms with Crippen LogP contribution in [0, 0.1) is 0 Å². The molecule has 8 N–H and O–H groups in total. The lowest BCUT2D eigenvalue weighted by Gasteiger charge is -2.29. The Morgan fingerprint density at radius 3 is 2.42 bits per heavy atom. The molecule has 1 aromatic heterocycles. The Balaban J connectivity index is 2.09. The third-order valence-corrected chi connectivity index (χ3v) is 4.59. The first-order valence-electron chi connectivity index (χ1n) is 7.93. The lowest BCUT2D eigenvalue weighted by Crippen LogP contribution is -2.42. The quantitative estimate of drug-likeness (QED) is 0.268. The molecular formula is C14H21N3O9. The Labute approximate surface area is 146 Å². The number of aromatic nitrogens is 2. The van der Waals surface area contributed by atoms with Gasteiger partial charge >= 0.3 is 5.69 Å². The molecule has 0 saturated carbocycles. The van der Waals surface area contributed by atoms with Crippen LogP contribution in [-0.4, -0.2) is 83.9 Å². The number of aliphatic hydroxyl groups excluding tert-OH is 5. The molecule has 0 spiro atoms. The van der Waals surface area contributed by atoms with Gasteiger partial charge in [-0.05, 0) is 0 Å². The highest BCUT2D eigenvalue weighted by Gasteiger charge is 2.51. The van der Waals surface area contributed by atoms with Crippen molar-refractivity contribution in [1.29, 1.82) is 0 Å². The molecule has 2 aliphatic heterocycles. The molecule has 0 amide bonds. The van der Waals surface area contributed by atoms with Crippen LogP contribution in [-0.2, 0) is 15.3 Å². The number of hydrogen-bond donors (Lipinski definition) is 7. The highest BCUT2D eigenvalue weighted by molar-refractivity contribution is 5.32. The zero-order valence-corrected chi connectivity index (χ0v) is 13.5. The van der Waals surface area contributed by atoms with Crippen LogP contribution in [0.25, 0.3) is 0 Å². The number of nitrogen functional groups attached to an aromatic ring is 1. The Morgan fingerprint density at radius 2 is 1.88 bits per heavy atom. The van der Waals surface area contributed by atoms with Crippen molar-refractivity contribution in [1.82, 2.24) is 9.55 Å². The number of anilines is 1. The summed E-state index contributed by atoms with van der Waals surface area (Å²) in [5, 5.41) is 59.3. The summed E-state index contributed by atoms with van der Waals surface area (Å²) < 4.78 is 11.3. The fraction of sp³-hybridized carbons (Fsp3) is 0.714. The van der Waals surface area contributed by atoms with Gasteiger partial charge in [-0.3, -0.25) is 4.57 Å². The Kier molecular flexibility index (Phi) is 5.02. The maximum atomic E-state index is 12.4. The van der Waals surface area contributed by atoms with Crippen LogP contribution >= 0.6 is 0 Å². The van der Waals surface area contributed by atoms with Gasteiger partial charge in [0.15, 0.2) is 6.23 Å². The molecule has 2 fully saturated rings. The van der Waals surface area contributed by atoms with Gasteiger partial charge in [-0.2, -0.15) is 4.98 Å². The van der Waals surface area contributed by atoms with E-state index in [9.17, 15) is 35.4 Å². The van der Waals surface area contributed by atoms with E-state index in [2.05, 4.69) is 4.98 Å². The van der Waals surface area contributed by atoms with Crippen LogP contribution in [0.3, 0.4) is 0 Å². The third-order valence-electron chi connectivity index (χ3n) is 4.59. The van der Waals surface area contributed by atoms with E-state index in [0.29, 0.717) is 0 Å². The van der Waals surface area contributed by atoms with E-state index in [1.54, 1.807) is 0 Å². The molecule has 2 saturated heterocycles. The number of nitrogens with two attached hydrogens (primary N) is 1. The first-order valence-corrected chi connectivity index (χ1v) is 7.93. The van der Waals surface area contributed by atoms with E-state index in [1.807, 2.05) is 0 Å². The minimum atomic E-state index is -2.23. The molecule has 0 unspecified atom stereocenters. The van der Waals surface area contributed by atoms with E-state index >= 15 is 0 Å². The summed E-state index contributed by atoms with van der Waals surface area (Å²) >= 11 is 0. The summed E-state index contributed by atoms with van der Waals surface area (Å²) in [5.74, 6) is -2.49. The van der Waals surface area contributed by atoms with Crippen molar-refractivity contribution in [3.8, 4) is 0 Å². The van der Waals surface area contributed by atoms with Gasteiger partial charge in [0, 0.05) is 12.5 Å². The number of aliphatic hydroxyl groups is 6. The summed E-state index contributed by atoms with van der Waals surface area (Å²) in [7, 11) is 0. The van der Waals surface area contributed by atoms with Crippen molar-refractivity contribution in [2.24, 2.45) is 0 Å². The van der Waals surface area contributed by atoms with Crippen molar-refractivity contribution in [3.63, 3.8) is 0 Å². The van der Waals surface area contributed by atoms with Gasteiger partial charge in [-0.15, -0.1) is 0 Å². The van der Waals surface area contributed by atoms with Crippen LogP contribution in [0.15, 0.2) is 10.9 Å². The molecule has 0 aromatic carbocycles. The van der Waals surface area contributed by atoms with Crippen LogP contribution in [0.2, 0.25) is 0 Å². The summed E-state index contributed by atoms with van der Waals surface area (Å²) in [6.07, 6.45) is -8.49. The van der Waals surface area contributed by atoms with Crippen LogP contribution in [0.5, 0.6) is 0 Å². The van der Waals surface area contributed by atoms with Gasteiger partial charge < -0.3 is 45.8 Å². The lowest BCUT2D eigenvalue weighted by molar-refractivity contribution is -0.214. The van der Waals surface area contributed by atoms with Crippen LogP contribution in [0.4, 0.5) is 5.82 Å². The zero-order chi connectivity index (χ0) is 19.2. The van der Waals surface area contributed by atoms with Crippen molar-refractivity contribution in [2.45, 2.75) is 49.0 Å². The predicted octanol–water partition coefficient (Wildman–Crippen LogP) is -4.28. The summed E-state index contributed by atoms with van der Waals surface area (Å²) in [6, 6.07) is 1.10. The average molecular weight is 375 g/mol. The number of rotatable bonds is 4. The lowest BCUT2D eigenvalue weighted by atomic mass is 10.0. The molecule has 7 atom stereocenters. The van der Waals surface area contributed by atoms with Gasteiger partial charge in [0.1, 0.15) is 30.2 Å². The van der Waals surface area contributed by atoms with E-state index < -0.39 is 67.9 Å². The first kappa shape index (κ1) is 19.1. The van der Waals surface area contributed by atoms with E-state index in [-0.39, 0.29) is 11.5 Å². The van der Waals surface area contributed by atoms with Gasteiger partial charge in [0.25, 0.3) is 0 Å². The van der Waals surface area contributed by atoms with E-state index in [1.165, 1.54) is 0 Å². The number of nitrogens with zero attached hydrogens (tertiary/aromatic N) is 2. The maximum Gasteiger partial charge on any atom is 0.352 e. The normalized spacial score (nSPS) is 40.2. The number of hydrogen-bond acceptors (Lipinski definition) is 11. The van der Waals surface area contributed by atoms with Gasteiger partial charge in [0.05, 0.1) is 25.0 Å². The fourth-order valence-electron chi connectivity index (χ4n) is 3.27. The highest BCUT2D eigenvalue weighted by Crippen LogP contribution is 2.39. The SMILES string of the molecule is Nc1cc([C@]2(O)C[C@H](O)[C@@H](CO)O2)n([C@@H]2O[C@H](CO)[C@@H](O)[C@H]2O)c(=O)n1. The van der Waals surface area contributed by atoms with E-state index in [0.717, 1.165) is 10.6 Å². The van der Waals surface area contributed by atoms with Crippen molar-refractivity contribution in [2.75, 3.05) is 18.9 Å². The van der Waals surface area contributed by atoms with Gasteiger partial charge in [-0.25, -0.2) is 4.79 Å². The molecule has 2 aliphatic rings. The van der Waals surface area contributed by atoms with E-state index in [4.69, 9.17) is 15.2 Å². The standard InChI is InChI=1S/C14H21N3O9/c15-9-1-8(14(24)2-5(20)6(3-18)26-14)17(13(23)16-9)12-11(22)10(21)7(4-19)25-12/h1,5-7,10-12,18-22,24H,2-4H2,(H2,15,16,23)/t5-,6+,7+,10+,11+,12+,14-/m0/s1. The molecule has 26 heavy (non-hydrogen) atoms. The average Bonchev–Trinajstić information content (AvgIpc) is 3.04. The Hall–Kier alpha value is -1.64. The molecule has 0 aliphatic carbocycles. The minimum absolute atomic E-state index is 0.257. The Bertz CT molecular complexity index is 728. The van der Waals surface area contributed by atoms with Crippen LogP contribution < -0.4 is 11.4 Å². The molecule has 12 nitrogen and oxygen atoms in total. The molecule has 146 valence electrons. The van der Waals surface area contributed by atoms with Crippen molar-refractivity contribution < 1.29 is 40.1 Å². The smallest absolute Gasteiger partial charge is 0.352 e. The summed E-state index contributed by atoms with van der Waals surface area (Å²) in [6.45, 7) is -1.20. The van der Waals surface area contributed by atoms with Crippen LogP contribution in [0.1, 0.15) is 18.3 Å². The molecule has 0 radical (unpaired) electrons. The molecule has 0 bridgehead atoms. The zero-order valence-electron chi connectivity index (χ0n) is 13.5. The van der Waals surface area contributed by atoms with Crippen molar-refractivity contribution in [3.05, 3.63) is 22.2 Å². The second-order valence-corrected chi connectivity index (χ2v) is 6.34. The maximum absolute atomic E-state index is 12.4. The second kappa shape index (κ2) is 6.83. The number of ether oxygens (including phenoxy) is 2. The predicted molar refractivity (Wildman–Crippen MR) is 82.4 cm³/mol. The van der Waals surface area contributed by atoms with Crippen molar-refractivity contribution >= 4 is 5.82 Å². The topological polar surface area (TPSA) is 201 Å². The summed E-state index contributed by atoms with van der Waals surface area (Å²) in [4.78, 5) is 15.9. The largest absolute Gasteiger partial charge is 0.394 e. The van der Waals surface area contributed by atoms with Gasteiger partial charge in [-0.1, -0.05) is 0 Å². The monoisotopic (exact) mass is 375 g/mol. The molecule has 3 heterocycles. The first-order chi connectivity index (χ1) is 12.2. The third kappa shape index (κ3) is 3.00. The fourth-order valence-corrected chi connectivity index (χ4v) is 3.27. The second-order valence-electron chi connectivity index (χ2n) is 6.34. The molecule has 12 heteroatoms. The molecule has 3 rings (SSSR count). The van der Waals surface area contributed by atoms with Gasteiger partial charge in [0.2, 0.25) is 5.79 Å². The highest BCUT2D eigenvalue weighted by atomic mass is 16.7.